The predicted molar refractivity (Wildman–Crippen MR) is 48.8 cm³/mol. The third-order valence-corrected chi connectivity index (χ3v) is 2.49. The van der Waals surface area contributed by atoms with Gasteiger partial charge in [0.05, 0.1) is 13.2 Å². The Bertz CT molecular complexity index is 299. The molecule has 2 rings (SSSR count). The molecule has 0 saturated heterocycles. The number of fused-ring (bicyclic) bond motifs is 1. The number of hydrogen-bond donors (Lipinski definition) is 1. The van der Waals surface area contributed by atoms with Crippen molar-refractivity contribution < 1.29 is 9.84 Å². The van der Waals surface area contributed by atoms with Gasteiger partial charge in [0, 0.05) is 4.47 Å². The molecule has 0 saturated carbocycles. The molecule has 1 atom stereocenters. The van der Waals surface area contributed by atoms with E-state index in [1.165, 1.54) is 0 Å². The van der Waals surface area contributed by atoms with Crippen molar-refractivity contribution >= 4 is 15.9 Å². The Labute approximate surface area is 79.3 Å². The second-order valence-corrected chi connectivity index (χ2v) is 3.79. The van der Waals surface area contributed by atoms with E-state index in [2.05, 4.69) is 15.9 Å². The number of aliphatic hydroxyl groups is 1. The molecule has 1 N–H and O–H groups in total. The molecule has 1 aliphatic rings. The van der Waals surface area contributed by atoms with Crippen LogP contribution in [0.15, 0.2) is 22.7 Å². The van der Waals surface area contributed by atoms with E-state index in [1.807, 2.05) is 18.2 Å². The fourth-order valence-electron chi connectivity index (χ4n) is 1.39. The van der Waals surface area contributed by atoms with Gasteiger partial charge in [-0.1, -0.05) is 22.0 Å². The van der Waals surface area contributed by atoms with Crippen LogP contribution >= 0.6 is 15.9 Å². The molecule has 0 fully saturated rings. The standard InChI is InChI=1S/C9H9BrO2/c10-7-1-2-8-6(3-7)4-12-5-9(8)11/h1-3,9,11H,4-5H2/t9-/m0/s1. The molecule has 0 bridgehead atoms. The average Bonchev–Trinajstić information content (AvgIpc) is 2.04. The van der Waals surface area contributed by atoms with Gasteiger partial charge in [0.2, 0.25) is 0 Å². The first kappa shape index (κ1) is 8.23. The van der Waals surface area contributed by atoms with Gasteiger partial charge < -0.3 is 9.84 Å². The molecule has 3 heteroatoms. The van der Waals surface area contributed by atoms with Crippen LogP contribution in [0.3, 0.4) is 0 Å². The number of hydrogen-bond acceptors (Lipinski definition) is 2. The summed E-state index contributed by atoms with van der Waals surface area (Å²) in [5, 5.41) is 9.51. The van der Waals surface area contributed by atoms with Crippen LogP contribution in [0.5, 0.6) is 0 Å². The van der Waals surface area contributed by atoms with E-state index in [-0.39, 0.29) is 0 Å². The van der Waals surface area contributed by atoms with Gasteiger partial charge in [-0.15, -0.1) is 0 Å². The number of ether oxygens (including phenoxy) is 1. The Morgan fingerprint density at radius 3 is 3.17 bits per heavy atom. The summed E-state index contributed by atoms with van der Waals surface area (Å²) < 4.78 is 6.22. The van der Waals surface area contributed by atoms with Crippen molar-refractivity contribution in [2.24, 2.45) is 0 Å². The van der Waals surface area contributed by atoms with Crippen molar-refractivity contribution in [3.63, 3.8) is 0 Å². The van der Waals surface area contributed by atoms with E-state index in [1.54, 1.807) is 0 Å². The number of halogens is 1. The van der Waals surface area contributed by atoms with E-state index in [0.29, 0.717) is 13.2 Å². The van der Waals surface area contributed by atoms with Gasteiger partial charge in [-0.05, 0) is 23.3 Å². The van der Waals surface area contributed by atoms with Gasteiger partial charge in [0.1, 0.15) is 6.10 Å². The minimum Gasteiger partial charge on any atom is -0.386 e. The summed E-state index contributed by atoms with van der Waals surface area (Å²) in [5.41, 5.74) is 2.06. The van der Waals surface area contributed by atoms with Gasteiger partial charge in [-0.25, -0.2) is 0 Å². The van der Waals surface area contributed by atoms with Crippen LogP contribution in [0.1, 0.15) is 17.2 Å². The van der Waals surface area contributed by atoms with Crippen molar-refractivity contribution in [3.8, 4) is 0 Å². The Kier molecular flexibility index (Phi) is 2.17. The third kappa shape index (κ3) is 1.40. The molecule has 1 aliphatic heterocycles. The average molecular weight is 229 g/mol. The maximum atomic E-state index is 9.51. The third-order valence-electron chi connectivity index (χ3n) is 2.00. The second-order valence-electron chi connectivity index (χ2n) is 2.87. The van der Waals surface area contributed by atoms with E-state index < -0.39 is 6.10 Å². The summed E-state index contributed by atoms with van der Waals surface area (Å²) >= 11 is 3.37. The second kappa shape index (κ2) is 3.17. The highest BCUT2D eigenvalue weighted by atomic mass is 79.9. The van der Waals surface area contributed by atoms with E-state index >= 15 is 0 Å². The van der Waals surface area contributed by atoms with Gasteiger partial charge in [0.15, 0.2) is 0 Å². The summed E-state index contributed by atoms with van der Waals surface area (Å²) in [7, 11) is 0. The summed E-state index contributed by atoms with van der Waals surface area (Å²) in [6, 6.07) is 5.86. The van der Waals surface area contributed by atoms with Gasteiger partial charge in [-0.3, -0.25) is 0 Å². The van der Waals surface area contributed by atoms with Crippen molar-refractivity contribution in [2.75, 3.05) is 6.61 Å². The highest BCUT2D eigenvalue weighted by molar-refractivity contribution is 9.10. The monoisotopic (exact) mass is 228 g/mol. The molecule has 0 aromatic heterocycles. The van der Waals surface area contributed by atoms with E-state index in [0.717, 1.165) is 15.6 Å². The Balaban J connectivity index is 2.46. The minimum atomic E-state index is -0.457. The lowest BCUT2D eigenvalue weighted by Gasteiger charge is -2.21. The molecule has 0 unspecified atom stereocenters. The smallest absolute Gasteiger partial charge is 0.103 e. The fraction of sp³-hybridized carbons (Fsp3) is 0.333. The summed E-state index contributed by atoms with van der Waals surface area (Å²) in [6.45, 7) is 1.01. The highest BCUT2D eigenvalue weighted by Gasteiger charge is 2.17. The Hall–Kier alpha value is -0.380. The number of rotatable bonds is 0. The normalized spacial score (nSPS) is 22.0. The Morgan fingerprint density at radius 2 is 2.33 bits per heavy atom. The molecular formula is C9H9BrO2. The molecule has 0 spiro atoms. The van der Waals surface area contributed by atoms with E-state index in [4.69, 9.17) is 4.74 Å². The lowest BCUT2D eigenvalue weighted by Crippen LogP contribution is -2.15. The lowest BCUT2D eigenvalue weighted by atomic mass is 10.0. The highest BCUT2D eigenvalue weighted by Crippen LogP contribution is 2.26. The summed E-state index contributed by atoms with van der Waals surface area (Å²) in [6.07, 6.45) is -0.457. The van der Waals surface area contributed by atoms with Crippen LogP contribution < -0.4 is 0 Å². The first-order valence-corrected chi connectivity index (χ1v) is 4.61. The van der Waals surface area contributed by atoms with Crippen LogP contribution in [0.2, 0.25) is 0 Å². The van der Waals surface area contributed by atoms with Gasteiger partial charge in [-0.2, -0.15) is 0 Å². The first-order valence-electron chi connectivity index (χ1n) is 3.81. The molecule has 0 amide bonds. The zero-order valence-corrected chi connectivity index (χ0v) is 8.04. The number of aliphatic hydroxyl groups excluding tert-OH is 1. The molecular weight excluding hydrogens is 220 g/mol. The fourth-order valence-corrected chi connectivity index (χ4v) is 1.80. The molecule has 64 valence electrons. The first-order chi connectivity index (χ1) is 5.77. The van der Waals surface area contributed by atoms with Crippen LogP contribution in [-0.4, -0.2) is 11.7 Å². The predicted octanol–water partition coefficient (Wildman–Crippen LogP) is 2.01. The van der Waals surface area contributed by atoms with Crippen molar-refractivity contribution in [3.05, 3.63) is 33.8 Å². The van der Waals surface area contributed by atoms with E-state index in [9.17, 15) is 5.11 Å². The molecule has 12 heavy (non-hydrogen) atoms. The van der Waals surface area contributed by atoms with Crippen LogP contribution in [0, 0.1) is 0 Å². The number of benzene rings is 1. The molecule has 1 aromatic carbocycles. The van der Waals surface area contributed by atoms with Crippen molar-refractivity contribution in [2.45, 2.75) is 12.7 Å². The zero-order valence-electron chi connectivity index (χ0n) is 6.46. The minimum absolute atomic E-state index is 0.411. The Morgan fingerprint density at radius 1 is 1.50 bits per heavy atom. The van der Waals surface area contributed by atoms with Crippen LogP contribution in [-0.2, 0) is 11.3 Å². The molecule has 2 nitrogen and oxygen atoms in total. The van der Waals surface area contributed by atoms with Crippen LogP contribution in [0.25, 0.3) is 0 Å². The molecule has 0 aliphatic carbocycles. The zero-order chi connectivity index (χ0) is 8.55. The summed E-state index contributed by atoms with van der Waals surface area (Å²) in [4.78, 5) is 0. The van der Waals surface area contributed by atoms with Crippen LogP contribution in [0.4, 0.5) is 0 Å². The molecule has 1 heterocycles. The SMILES string of the molecule is O[C@H]1COCc2cc(Br)ccc21. The van der Waals surface area contributed by atoms with Crippen molar-refractivity contribution in [1.29, 1.82) is 0 Å². The van der Waals surface area contributed by atoms with Gasteiger partial charge in [0.25, 0.3) is 0 Å². The maximum absolute atomic E-state index is 9.51. The summed E-state index contributed by atoms with van der Waals surface area (Å²) in [5.74, 6) is 0. The topological polar surface area (TPSA) is 29.5 Å². The molecule has 0 radical (unpaired) electrons. The van der Waals surface area contributed by atoms with Crippen molar-refractivity contribution in [1.82, 2.24) is 0 Å². The maximum Gasteiger partial charge on any atom is 0.103 e. The quantitative estimate of drug-likeness (QED) is 0.737. The lowest BCUT2D eigenvalue weighted by molar-refractivity contribution is 0.00977. The largest absolute Gasteiger partial charge is 0.386 e. The van der Waals surface area contributed by atoms with Gasteiger partial charge >= 0.3 is 0 Å². The molecule has 1 aromatic rings.